The second-order valence-electron chi connectivity index (χ2n) is 4.24. The van der Waals surface area contributed by atoms with Gasteiger partial charge in [-0.15, -0.1) is 0 Å². The number of carbonyl (C=O) groups is 2. The number of ether oxygens (including phenoxy) is 2. The topological polar surface area (TPSA) is 90.6 Å². The number of hydrogen-bond donors (Lipinski definition) is 2. The number of unbranched alkanes of at least 4 members (excludes halogenated alkanes) is 1. The smallest absolute Gasteiger partial charge is 0.341 e. The third-order valence-electron chi connectivity index (χ3n) is 2.62. The number of esters is 1. The number of rotatable bonds is 7. The molecule has 6 heteroatoms. The molecule has 0 radical (unpaired) electrons. The van der Waals surface area contributed by atoms with Crippen LogP contribution in [0.15, 0.2) is 18.2 Å². The van der Waals surface area contributed by atoms with Gasteiger partial charge in [0.25, 0.3) is 5.91 Å². The molecule has 6 nitrogen and oxygen atoms in total. The molecule has 0 saturated heterocycles. The summed E-state index contributed by atoms with van der Waals surface area (Å²) in [5.41, 5.74) is 6.24. The van der Waals surface area contributed by atoms with Crippen molar-refractivity contribution < 1.29 is 19.1 Å². The van der Waals surface area contributed by atoms with E-state index in [-0.39, 0.29) is 23.8 Å². The zero-order valence-electron chi connectivity index (χ0n) is 11.8. The van der Waals surface area contributed by atoms with Crippen LogP contribution in [0, 0.1) is 0 Å². The van der Waals surface area contributed by atoms with Crippen LogP contribution in [0.3, 0.4) is 0 Å². The van der Waals surface area contributed by atoms with Crippen molar-refractivity contribution in [2.45, 2.75) is 19.8 Å². The minimum absolute atomic E-state index is 0.155. The molecule has 0 spiro atoms. The molecule has 0 aliphatic carbocycles. The number of carbonyl (C=O) groups excluding carboxylic acids is 2. The first-order valence-corrected chi connectivity index (χ1v) is 6.45. The molecule has 3 N–H and O–H groups in total. The van der Waals surface area contributed by atoms with Crippen molar-refractivity contribution in [3.63, 3.8) is 0 Å². The molecule has 0 unspecified atom stereocenters. The zero-order valence-corrected chi connectivity index (χ0v) is 11.8. The van der Waals surface area contributed by atoms with E-state index in [0.29, 0.717) is 12.2 Å². The lowest BCUT2D eigenvalue weighted by atomic mass is 10.2. The van der Waals surface area contributed by atoms with Gasteiger partial charge in [-0.05, 0) is 24.6 Å². The Kier molecular flexibility index (Phi) is 6.36. The predicted molar refractivity (Wildman–Crippen MR) is 75.6 cm³/mol. The Morgan fingerprint density at radius 2 is 2.10 bits per heavy atom. The third-order valence-corrected chi connectivity index (χ3v) is 2.62. The maximum absolute atomic E-state index is 11.6. The van der Waals surface area contributed by atoms with Crippen molar-refractivity contribution in [2.75, 3.05) is 26.0 Å². The summed E-state index contributed by atoms with van der Waals surface area (Å²) in [5.74, 6) is -0.513. The van der Waals surface area contributed by atoms with Gasteiger partial charge in [0, 0.05) is 12.2 Å². The molecular weight excluding hydrogens is 260 g/mol. The van der Waals surface area contributed by atoms with Crippen LogP contribution in [-0.4, -0.2) is 32.1 Å². The van der Waals surface area contributed by atoms with Crippen LogP contribution in [0.25, 0.3) is 0 Å². The fourth-order valence-electron chi connectivity index (χ4n) is 1.54. The van der Waals surface area contributed by atoms with Crippen molar-refractivity contribution >= 4 is 17.6 Å². The van der Waals surface area contributed by atoms with E-state index in [2.05, 4.69) is 10.1 Å². The van der Waals surface area contributed by atoms with Crippen LogP contribution >= 0.6 is 0 Å². The second-order valence-corrected chi connectivity index (χ2v) is 4.24. The summed E-state index contributed by atoms with van der Waals surface area (Å²) in [6.45, 7) is 2.50. The highest BCUT2D eigenvalue weighted by Gasteiger charge is 2.14. The lowest BCUT2D eigenvalue weighted by Gasteiger charge is -2.11. The van der Waals surface area contributed by atoms with Crippen LogP contribution in [-0.2, 0) is 9.53 Å². The average molecular weight is 280 g/mol. The minimum atomic E-state index is -0.557. The molecule has 1 aromatic rings. The van der Waals surface area contributed by atoms with Crippen molar-refractivity contribution in [1.82, 2.24) is 5.32 Å². The van der Waals surface area contributed by atoms with Gasteiger partial charge in [-0.1, -0.05) is 13.3 Å². The van der Waals surface area contributed by atoms with Crippen LogP contribution in [0.1, 0.15) is 30.1 Å². The Hall–Kier alpha value is -2.24. The van der Waals surface area contributed by atoms with Gasteiger partial charge < -0.3 is 20.5 Å². The predicted octanol–water partition coefficient (Wildman–Crippen LogP) is 1.35. The Morgan fingerprint density at radius 3 is 2.75 bits per heavy atom. The van der Waals surface area contributed by atoms with E-state index >= 15 is 0 Å². The molecule has 1 amide bonds. The molecule has 20 heavy (non-hydrogen) atoms. The number of methoxy groups -OCH3 is 1. The highest BCUT2D eigenvalue weighted by molar-refractivity contribution is 5.93. The Bertz CT molecular complexity index is 474. The highest BCUT2D eigenvalue weighted by Crippen LogP contribution is 2.22. The summed E-state index contributed by atoms with van der Waals surface area (Å²) in [4.78, 5) is 23.1. The highest BCUT2D eigenvalue weighted by atomic mass is 16.5. The number of nitrogens with one attached hydrogen (secondary N) is 1. The van der Waals surface area contributed by atoms with Crippen LogP contribution in [0.5, 0.6) is 5.75 Å². The normalized spacial score (nSPS) is 9.90. The number of benzene rings is 1. The minimum Gasteiger partial charge on any atom is -0.483 e. The van der Waals surface area contributed by atoms with Gasteiger partial charge in [0.15, 0.2) is 6.61 Å². The summed E-state index contributed by atoms with van der Waals surface area (Å²) in [6.07, 6.45) is 1.92. The van der Waals surface area contributed by atoms with Crippen molar-refractivity contribution in [1.29, 1.82) is 0 Å². The third kappa shape index (κ3) is 4.79. The second kappa shape index (κ2) is 8.04. The number of anilines is 1. The molecule has 0 bridgehead atoms. The quantitative estimate of drug-likeness (QED) is 0.447. The largest absolute Gasteiger partial charge is 0.483 e. The fourth-order valence-corrected chi connectivity index (χ4v) is 1.54. The van der Waals surface area contributed by atoms with E-state index in [1.807, 2.05) is 6.92 Å². The van der Waals surface area contributed by atoms with E-state index < -0.39 is 5.97 Å². The lowest BCUT2D eigenvalue weighted by molar-refractivity contribution is -0.123. The maximum atomic E-state index is 11.6. The zero-order chi connectivity index (χ0) is 15.0. The molecular formula is C14H20N2O4. The van der Waals surface area contributed by atoms with E-state index in [9.17, 15) is 9.59 Å². The lowest BCUT2D eigenvalue weighted by Crippen LogP contribution is -2.29. The molecule has 0 fully saturated rings. The molecule has 0 heterocycles. The van der Waals surface area contributed by atoms with Gasteiger partial charge >= 0.3 is 5.97 Å². The Balaban J connectivity index is 2.63. The van der Waals surface area contributed by atoms with Crippen molar-refractivity contribution in [2.24, 2.45) is 0 Å². The van der Waals surface area contributed by atoms with Gasteiger partial charge in [0.1, 0.15) is 11.3 Å². The summed E-state index contributed by atoms with van der Waals surface area (Å²) in [5, 5.41) is 2.72. The van der Waals surface area contributed by atoms with Crippen LogP contribution < -0.4 is 15.8 Å². The van der Waals surface area contributed by atoms with Crippen LogP contribution in [0.2, 0.25) is 0 Å². The first-order chi connectivity index (χ1) is 9.58. The number of nitrogen functional groups attached to an aromatic ring is 1. The summed E-state index contributed by atoms with van der Waals surface area (Å²) < 4.78 is 9.98. The first kappa shape index (κ1) is 15.8. The van der Waals surface area contributed by atoms with Gasteiger partial charge in [-0.3, -0.25) is 4.79 Å². The van der Waals surface area contributed by atoms with Crippen molar-refractivity contribution in [3.8, 4) is 5.75 Å². The van der Waals surface area contributed by atoms with Crippen molar-refractivity contribution in [3.05, 3.63) is 23.8 Å². The molecule has 0 aliphatic rings. The van der Waals surface area contributed by atoms with Gasteiger partial charge in [-0.25, -0.2) is 4.79 Å². The molecule has 0 aliphatic heterocycles. The standard InChI is InChI=1S/C14H20N2O4/c1-3-4-7-16-13(17)9-20-12-6-5-10(15)8-11(12)14(18)19-2/h5-6,8H,3-4,7,9,15H2,1-2H3,(H,16,17). The maximum Gasteiger partial charge on any atom is 0.341 e. The Labute approximate surface area is 118 Å². The van der Waals surface area contributed by atoms with Crippen LogP contribution in [0.4, 0.5) is 5.69 Å². The average Bonchev–Trinajstić information content (AvgIpc) is 2.45. The molecule has 0 atom stereocenters. The molecule has 0 saturated carbocycles. The van der Waals surface area contributed by atoms with E-state index in [0.717, 1.165) is 12.8 Å². The molecule has 0 aromatic heterocycles. The van der Waals surface area contributed by atoms with E-state index in [1.54, 1.807) is 12.1 Å². The fraction of sp³-hybridized carbons (Fsp3) is 0.429. The first-order valence-electron chi connectivity index (χ1n) is 6.45. The van der Waals surface area contributed by atoms with Gasteiger partial charge in [-0.2, -0.15) is 0 Å². The summed E-state index contributed by atoms with van der Waals surface area (Å²) in [6, 6.07) is 4.59. The summed E-state index contributed by atoms with van der Waals surface area (Å²) in [7, 11) is 1.27. The van der Waals surface area contributed by atoms with Gasteiger partial charge in [0.2, 0.25) is 0 Å². The van der Waals surface area contributed by atoms with E-state index in [4.69, 9.17) is 10.5 Å². The number of amides is 1. The molecule has 1 rings (SSSR count). The van der Waals surface area contributed by atoms with Gasteiger partial charge in [0.05, 0.1) is 7.11 Å². The summed E-state index contributed by atoms with van der Waals surface area (Å²) >= 11 is 0. The molecule has 110 valence electrons. The Morgan fingerprint density at radius 1 is 1.35 bits per heavy atom. The molecule has 1 aromatic carbocycles. The number of nitrogens with two attached hydrogens (primary N) is 1. The number of hydrogen-bond acceptors (Lipinski definition) is 5. The van der Waals surface area contributed by atoms with E-state index in [1.165, 1.54) is 13.2 Å². The SMILES string of the molecule is CCCCNC(=O)COc1ccc(N)cc1C(=O)OC. The monoisotopic (exact) mass is 280 g/mol.